The van der Waals surface area contributed by atoms with E-state index in [0.717, 1.165) is 25.2 Å². The summed E-state index contributed by atoms with van der Waals surface area (Å²) in [5.74, 6) is 0. The van der Waals surface area contributed by atoms with Crippen molar-refractivity contribution in [2.24, 2.45) is 0 Å². The van der Waals surface area contributed by atoms with Gasteiger partial charge in [0.05, 0.1) is 6.10 Å². The van der Waals surface area contributed by atoms with Crippen LogP contribution in [0.2, 0.25) is 5.54 Å². The molecule has 0 aromatic carbocycles. The molecule has 1 heterocycles. The van der Waals surface area contributed by atoms with Crippen molar-refractivity contribution < 1.29 is 9.47 Å². The van der Waals surface area contributed by atoms with Gasteiger partial charge in [0.2, 0.25) is 0 Å². The third kappa shape index (κ3) is 4.25. The standard InChI is InChI=1S/C10H21O2Si/c1-2-11-8-6-10(13)9-5-3-4-7-12-9/h9-10H,1-8H2,13H3. The van der Waals surface area contributed by atoms with Crippen molar-refractivity contribution in [2.75, 3.05) is 19.8 Å². The van der Waals surface area contributed by atoms with Gasteiger partial charge in [-0.05, 0) is 38.1 Å². The Kier molecular flexibility index (Phi) is 5.67. The number of ether oxygens (including phenoxy) is 2. The summed E-state index contributed by atoms with van der Waals surface area (Å²) in [6, 6.07) is 0. The van der Waals surface area contributed by atoms with Crippen LogP contribution in [0.3, 0.4) is 0 Å². The maximum atomic E-state index is 5.73. The summed E-state index contributed by atoms with van der Waals surface area (Å²) in [4.78, 5) is 0. The monoisotopic (exact) mass is 201 g/mol. The normalized spacial score (nSPS) is 26.1. The molecule has 2 nitrogen and oxygen atoms in total. The van der Waals surface area contributed by atoms with Crippen molar-refractivity contribution in [3.8, 4) is 0 Å². The molecular formula is C10H21O2Si. The molecule has 2 unspecified atom stereocenters. The summed E-state index contributed by atoms with van der Waals surface area (Å²) in [7, 11) is 1.22. The summed E-state index contributed by atoms with van der Waals surface area (Å²) in [6.45, 7) is 6.08. The van der Waals surface area contributed by atoms with Gasteiger partial charge in [-0.25, -0.2) is 0 Å². The van der Waals surface area contributed by atoms with Crippen molar-refractivity contribution in [3.63, 3.8) is 0 Å². The molecule has 13 heavy (non-hydrogen) atoms. The minimum Gasteiger partial charge on any atom is -0.381 e. The fraction of sp³-hybridized carbons (Fsp3) is 0.900. The van der Waals surface area contributed by atoms with Gasteiger partial charge in [-0.1, -0.05) is 0 Å². The average molecular weight is 201 g/mol. The van der Waals surface area contributed by atoms with Gasteiger partial charge < -0.3 is 9.47 Å². The summed E-state index contributed by atoms with van der Waals surface area (Å²) in [5, 5.41) is 0. The zero-order valence-corrected chi connectivity index (χ0v) is 10.6. The molecular weight excluding hydrogens is 180 g/mol. The van der Waals surface area contributed by atoms with E-state index >= 15 is 0 Å². The SMILES string of the molecule is [CH2]COCCC([SiH3])C1CCCCO1. The molecule has 0 bridgehead atoms. The lowest BCUT2D eigenvalue weighted by atomic mass is 10.0. The van der Waals surface area contributed by atoms with Crippen molar-refractivity contribution in [1.29, 1.82) is 0 Å². The van der Waals surface area contributed by atoms with Crippen LogP contribution in [0.15, 0.2) is 0 Å². The van der Waals surface area contributed by atoms with Crippen molar-refractivity contribution in [2.45, 2.75) is 37.3 Å². The van der Waals surface area contributed by atoms with Gasteiger partial charge in [0.1, 0.15) is 0 Å². The van der Waals surface area contributed by atoms with E-state index in [-0.39, 0.29) is 0 Å². The van der Waals surface area contributed by atoms with Crippen LogP contribution >= 0.6 is 0 Å². The molecule has 0 saturated carbocycles. The largest absolute Gasteiger partial charge is 0.381 e. The maximum Gasteiger partial charge on any atom is 0.0572 e. The fourth-order valence-electron chi connectivity index (χ4n) is 1.77. The van der Waals surface area contributed by atoms with Crippen LogP contribution in [-0.2, 0) is 9.47 Å². The first-order valence-corrected chi connectivity index (χ1v) is 6.48. The molecule has 2 atom stereocenters. The highest BCUT2D eigenvalue weighted by molar-refractivity contribution is 6.12. The van der Waals surface area contributed by atoms with Crippen molar-refractivity contribution in [1.82, 2.24) is 0 Å². The first-order valence-electron chi connectivity index (χ1n) is 5.33. The van der Waals surface area contributed by atoms with Crippen LogP contribution in [0.5, 0.6) is 0 Å². The Morgan fingerprint density at radius 3 is 3.00 bits per heavy atom. The summed E-state index contributed by atoms with van der Waals surface area (Å²) >= 11 is 0. The summed E-state index contributed by atoms with van der Waals surface area (Å²) in [6.07, 6.45) is 5.55. The van der Waals surface area contributed by atoms with Crippen LogP contribution < -0.4 is 0 Å². The van der Waals surface area contributed by atoms with Gasteiger partial charge in [-0.2, -0.15) is 0 Å². The van der Waals surface area contributed by atoms with Crippen LogP contribution in [0, 0.1) is 6.92 Å². The Morgan fingerprint density at radius 1 is 1.54 bits per heavy atom. The second kappa shape index (κ2) is 6.57. The van der Waals surface area contributed by atoms with E-state index in [1.165, 1.54) is 29.5 Å². The van der Waals surface area contributed by atoms with E-state index in [9.17, 15) is 0 Å². The lowest BCUT2D eigenvalue weighted by Crippen LogP contribution is -2.25. The van der Waals surface area contributed by atoms with Gasteiger partial charge in [0, 0.05) is 30.1 Å². The number of rotatable bonds is 5. The van der Waals surface area contributed by atoms with E-state index in [1.54, 1.807) is 0 Å². The summed E-state index contributed by atoms with van der Waals surface area (Å²) in [5.41, 5.74) is 0.770. The Labute approximate surface area is 84.4 Å². The first-order chi connectivity index (χ1) is 6.34. The molecule has 0 amide bonds. The molecule has 0 aromatic heterocycles. The highest BCUT2D eigenvalue weighted by atomic mass is 28.1. The molecule has 0 aromatic rings. The molecule has 0 aliphatic carbocycles. The smallest absolute Gasteiger partial charge is 0.0572 e. The van der Waals surface area contributed by atoms with Gasteiger partial charge in [-0.3, -0.25) is 0 Å². The lowest BCUT2D eigenvalue weighted by Gasteiger charge is -2.28. The molecule has 1 fully saturated rings. The number of hydrogen-bond donors (Lipinski definition) is 0. The Balaban J connectivity index is 2.09. The highest BCUT2D eigenvalue weighted by Crippen LogP contribution is 2.24. The van der Waals surface area contributed by atoms with Crippen LogP contribution in [0.25, 0.3) is 0 Å². The third-order valence-electron chi connectivity index (χ3n) is 2.71. The van der Waals surface area contributed by atoms with Crippen LogP contribution in [0.4, 0.5) is 0 Å². The van der Waals surface area contributed by atoms with Gasteiger partial charge in [0.15, 0.2) is 0 Å². The highest BCUT2D eigenvalue weighted by Gasteiger charge is 2.20. The Morgan fingerprint density at radius 2 is 2.38 bits per heavy atom. The molecule has 77 valence electrons. The molecule has 1 aliphatic rings. The van der Waals surface area contributed by atoms with Gasteiger partial charge >= 0.3 is 0 Å². The van der Waals surface area contributed by atoms with Crippen molar-refractivity contribution >= 4 is 10.2 Å². The molecule has 0 spiro atoms. The van der Waals surface area contributed by atoms with E-state index in [2.05, 4.69) is 6.92 Å². The topological polar surface area (TPSA) is 18.5 Å². The first kappa shape index (κ1) is 11.2. The van der Waals surface area contributed by atoms with Crippen molar-refractivity contribution in [3.05, 3.63) is 6.92 Å². The van der Waals surface area contributed by atoms with E-state index < -0.39 is 0 Å². The Hall–Kier alpha value is 0.137. The third-order valence-corrected chi connectivity index (χ3v) is 4.03. The van der Waals surface area contributed by atoms with E-state index in [1.807, 2.05) is 0 Å². The van der Waals surface area contributed by atoms with E-state index in [4.69, 9.17) is 9.47 Å². The Bertz CT molecular complexity index is 124. The minimum absolute atomic E-state index is 0.536. The zero-order chi connectivity index (χ0) is 9.52. The maximum absolute atomic E-state index is 5.73. The predicted octanol–water partition coefficient (Wildman–Crippen LogP) is 0.950. The van der Waals surface area contributed by atoms with E-state index in [0.29, 0.717) is 12.7 Å². The second-order valence-corrected chi connectivity index (χ2v) is 5.27. The zero-order valence-electron chi connectivity index (χ0n) is 8.63. The molecule has 1 radical (unpaired) electrons. The minimum atomic E-state index is 0.536. The average Bonchev–Trinajstić information content (AvgIpc) is 2.19. The fourth-order valence-corrected chi connectivity index (χ4v) is 2.53. The second-order valence-electron chi connectivity index (χ2n) is 3.78. The lowest BCUT2D eigenvalue weighted by molar-refractivity contribution is 0.00627. The quantitative estimate of drug-likeness (QED) is 0.487. The molecule has 1 rings (SSSR count). The van der Waals surface area contributed by atoms with Gasteiger partial charge in [-0.15, -0.1) is 0 Å². The molecule has 0 N–H and O–H groups in total. The molecule has 1 aliphatic heterocycles. The number of hydrogen-bond acceptors (Lipinski definition) is 2. The van der Waals surface area contributed by atoms with Crippen LogP contribution in [0.1, 0.15) is 25.7 Å². The summed E-state index contributed by atoms with van der Waals surface area (Å²) < 4.78 is 11.0. The molecule has 1 saturated heterocycles. The predicted molar refractivity (Wildman–Crippen MR) is 58.1 cm³/mol. The van der Waals surface area contributed by atoms with Gasteiger partial charge in [0.25, 0.3) is 0 Å². The van der Waals surface area contributed by atoms with Crippen LogP contribution in [-0.4, -0.2) is 36.2 Å². The molecule has 3 heteroatoms.